The molecular weight excluding hydrogens is 391 g/mol. The summed E-state index contributed by atoms with van der Waals surface area (Å²) in [6.07, 6.45) is 4.72. The van der Waals surface area contributed by atoms with Crippen molar-refractivity contribution in [2.45, 2.75) is 38.6 Å². The van der Waals surface area contributed by atoms with E-state index in [2.05, 4.69) is 15.3 Å². The Bertz CT molecular complexity index is 1040. The first kappa shape index (κ1) is 20.5. The zero-order valence-electron chi connectivity index (χ0n) is 18.2. The van der Waals surface area contributed by atoms with Gasteiger partial charge in [-0.2, -0.15) is 5.10 Å². The summed E-state index contributed by atoms with van der Waals surface area (Å²) in [5.41, 5.74) is 1.37. The largest absolute Gasteiger partial charge is 0.381 e. The number of nitrogens with one attached hydrogen (secondary N) is 1. The van der Waals surface area contributed by atoms with Crippen LogP contribution in [0.2, 0.25) is 0 Å². The van der Waals surface area contributed by atoms with Crippen molar-refractivity contribution in [1.82, 2.24) is 14.7 Å². The fourth-order valence-electron chi connectivity index (χ4n) is 4.99. The van der Waals surface area contributed by atoms with Crippen molar-refractivity contribution < 1.29 is 9.13 Å². The van der Waals surface area contributed by atoms with Crippen LogP contribution in [0, 0.1) is 18.7 Å². The number of anilines is 1. The zero-order chi connectivity index (χ0) is 21.2. The Morgan fingerprint density at radius 1 is 1.03 bits per heavy atom. The number of piperidine rings is 1. The van der Waals surface area contributed by atoms with Crippen LogP contribution in [-0.4, -0.2) is 53.6 Å². The number of likely N-dealkylation sites (tertiary alicyclic amines) is 1. The molecule has 31 heavy (non-hydrogen) atoms. The number of hydrogen-bond donors (Lipinski definition) is 1. The molecule has 2 aliphatic heterocycles. The minimum absolute atomic E-state index is 0.255. The Hall–Kier alpha value is -2.44. The monoisotopic (exact) mass is 422 g/mol. The Labute approximate surface area is 183 Å². The highest BCUT2D eigenvalue weighted by molar-refractivity contribution is 5.84. The second-order valence-electron chi connectivity index (χ2n) is 8.94. The summed E-state index contributed by atoms with van der Waals surface area (Å²) in [6.45, 7) is 6.97. The molecule has 1 N–H and O–H groups in total. The van der Waals surface area contributed by atoms with Crippen LogP contribution in [0.15, 0.2) is 42.5 Å². The van der Waals surface area contributed by atoms with Crippen molar-refractivity contribution in [3.8, 4) is 5.69 Å². The fourth-order valence-corrected chi connectivity index (χ4v) is 4.99. The third-order valence-corrected chi connectivity index (χ3v) is 6.80. The summed E-state index contributed by atoms with van der Waals surface area (Å²) >= 11 is 0. The number of hydrogen-bond acceptors (Lipinski definition) is 4. The highest BCUT2D eigenvalue weighted by Crippen LogP contribution is 2.27. The van der Waals surface area contributed by atoms with Crippen LogP contribution in [-0.2, 0) is 4.74 Å². The van der Waals surface area contributed by atoms with E-state index in [4.69, 9.17) is 4.74 Å². The Morgan fingerprint density at radius 2 is 1.74 bits per heavy atom. The van der Waals surface area contributed by atoms with Gasteiger partial charge in [0.25, 0.3) is 0 Å². The molecule has 2 fully saturated rings. The lowest BCUT2D eigenvalue weighted by atomic mass is 9.94. The summed E-state index contributed by atoms with van der Waals surface area (Å²) in [4.78, 5) is 2.65. The first-order chi connectivity index (χ1) is 15.2. The smallest absolute Gasteiger partial charge is 0.149 e. The third-order valence-electron chi connectivity index (χ3n) is 6.80. The van der Waals surface area contributed by atoms with Gasteiger partial charge < -0.3 is 15.0 Å². The molecule has 0 radical (unpaired) electrons. The number of halogens is 1. The van der Waals surface area contributed by atoms with E-state index in [9.17, 15) is 4.39 Å². The fraction of sp³-hybridized carbons (Fsp3) is 0.480. The quantitative estimate of drug-likeness (QED) is 0.643. The summed E-state index contributed by atoms with van der Waals surface area (Å²) in [7, 11) is 0. The van der Waals surface area contributed by atoms with Crippen molar-refractivity contribution in [1.29, 1.82) is 0 Å². The molecule has 0 atom stereocenters. The van der Waals surface area contributed by atoms with Gasteiger partial charge in [-0.1, -0.05) is 24.3 Å². The van der Waals surface area contributed by atoms with Gasteiger partial charge in [0.05, 0.1) is 5.69 Å². The number of aromatic nitrogens is 2. The highest BCUT2D eigenvalue weighted by atomic mass is 19.1. The lowest BCUT2D eigenvalue weighted by Crippen LogP contribution is -2.44. The maximum atomic E-state index is 14.9. The average Bonchev–Trinajstić information content (AvgIpc) is 3.18. The third kappa shape index (κ3) is 4.46. The molecule has 6 heteroatoms. The van der Waals surface area contributed by atoms with Crippen LogP contribution < -0.4 is 5.32 Å². The molecule has 3 aromatic rings. The van der Waals surface area contributed by atoms with E-state index in [1.807, 2.05) is 43.3 Å². The van der Waals surface area contributed by atoms with Gasteiger partial charge in [0, 0.05) is 31.9 Å². The molecule has 0 bridgehead atoms. The Balaban J connectivity index is 1.26. The van der Waals surface area contributed by atoms with Crippen LogP contribution >= 0.6 is 0 Å². The van der Waals surface area contributed by atoms with E-state index in [1.54, 1.807) is 10.7 Å². The molecule has 0 unspecified atom stereocenters. The van der Waals surface area contributed by atoms with E-state index in [0.717, 1.165) is 55.1 Å². The van der Waals surface area contributed by atoms with Crippen LogP contribution in [0.1, 0.15) is 31.4 Å². The van der Waals surface area contributed by atoms with Crippen LogP contribution in [0.4, 0.5) is 10.2 Å². The maximum Gasteiger partial charge on any atom is 0.149 e. The summed E-state index contributed by atoms with van der Waals surface area (Å²) in [5.74, 6) is 1.23. The first-order valence-corrected chi connectivity index (χ1v) is 11.5. The molecule has 3 heterocycles. The lowest BCUT2D eigenvalue weighted by Gasteiger charge is -2.39. The molecule has 0 aliphatic carbocycles. The normalized spacial score (nSPS) is 19.2. The minimum Gasteiger partial charge on any atom is -0.381 e. The zero-order valence-corrected chi connectivity index (χ0v) is 18.2. The van der Waals surface area contributed by atoms with Gasteiger partial charge in [-0.15, -0.1) is 0 Å². The van der Waals surface area contributed by atoms with Crippen molar-refractivity contribution in [2.75, 3.05) is 38.2 Å². The van der Waals surface area contributed by atoms with Gasteiger partial charge in [-0.05, 0) is 74.5 Å². The molecule has 0 saturated carbocycles. The predicted octanol–water partition coefficient (Wildman–Crippen LogP) is 4.78. The second-order valence-corrected chi connectivity index (χ2v) is 8.94. The van der Waals surface area contributed by atoms with Gasteiger partial charge >= 0.3 is 0 Å². The molecule has 2 aromatic carbocycles. The van der Waals surface area contributed by atoms with Gasteiger partial charge in [0.1, 0.15) is 17.3 Å². The first-order valence-electron chi connectivity index (χ1n) is 11.5. The standard InChI is InChI=1S/C25H31FN4O/c1-18-14-25(27-17-19-6-10-29(11-7-19)22-8-12-31-13-9-22)30(28-18)24-16-21-5-3-2-4-20(21)15-23(24)26/h2-5,14-16,19,22,27H,6-13,17H2,1H3. The van der Waals surface area contributed by atoms with Gasteiger partial charge in [-0.3, -0.25) is 0 Å². The van der Waals surface area contributed by atoms with Crippen LogP contribution in [0.25, 0.3) is 16.5 Å². The van der Waals surface area contributed by atoms with Crippen molar-refractivity contribution in [2.24, 2.45) is 5.92 Å². The molecule has 1 aromatic heterocycles. The molecule has 2 aliphatic rings. The second kappa shape index (κ2) is 8.97. The molecule has 0 amide bonds. The summed E-state index contributed by atoms with van der Waals surface area (Å²) in [6, 6.07) is 14.0. The van der Waals surface area contributed by atoms with E-state index in [-0.39, 0.29) is 5.82 Å². The maximum absolute atomic E-state index is 14.9. The molecule has 5 rings (SSSR count). The molecule has 5 nitrogen and oxygen atoms in total. The summed E-state index contributed by atoms with van der Waals surface area (Å²) in [5, 5.41) is 10.1. The number of ether oxygens (including phenoxy) is 1. The number of rotatable bonds is 5. The number of fused-ring (bicyclic) bond motifs is 1. The van der Waals surface area contributed by atoms with Crippen molar-refractivity contribution in [3.63, 3.8) is 0 Å². The lowest BCUT2D eigenvalue weighted by molar-refractivity contribution is 0.0219. The minimum atomic E-state index is -0.255. The number of nitrogens with zero attached hydrogens (tertiary/aromatic N) is 3. The van der Waals surface area contributed by atoms with E-state index in [1.165, 1.54) is 25.7 Å². The molecule has 0 spiro atoms. The van der Waals surface area contributed by atoms with E-state index >= 15 is 0 Å². The SMILES string of the molecule is Cc1cc(NCC2CCN(C3CCOCC3)CC2)n(-c2cc3ccccc3cc2F)n1. The number of aryl methyl sites for hydroxylation is 1. The number of benzene rings is 2. The molecule has 164 valence electrons. The highest BCUT2D eigenvalue weighted by Gasteiger charge is 2.26. The Kier molecular flexibility index (Phi) is 5.92. The van der Waals surface area contributed by atoms with Crippen molar-refractivity contribution in [3.05, 3.63) is 54.0 Å². The van der Waals surface area contributed by atoms with Crippen LogP contribution in [0.3, 0.4) is 0 Å². The van der Waals surface area contributed by atoms with Gasteiger partial charge in [0.15, 0.2) is 0 Å². The van der Waals surface area contributed by atoms with Crippen LogP contribution in [0.5, 0.6) is 0 Å². The Morgan fingerprint density at radius 3 is 2.48 bits per heavy atom. The summed E-state index contributed by atoms with van der Waals surface area (Å²) < 4.78 is 22.1. The van der Waals surface area contributed by atoms with E-state index < -0.39 is 0 Å². The van der Waals surface area contributed by atoms with E-state index in [0.29, 0.717) is 17.6 Å². The van der Waals surface area contributed by atoms with Crippen molar-refractivity contribution >= 4 is 16.6 Å². The average molecular weight is 423 g/mol. The van der Waals surface area contributed by atoms with Gasteiger partial charge in [0.2, 0.25) is 0 Å². The predicted molar refractivity (Wildman–Crippen MR) is 122 cm³/mol. The molecular formula is C25H31FN4O. The topological polar surface area (TPSA) is 42.3 Å². The van der Waals surface area contributed by atoms with Gasteiger partial charge in [-0.25, -0.2) is 9.07 Å². The molecule has 2 saturated heterocycles.